The molecule has 4 nitrogen and oxygen atoms in total. The van der Waals surface area contributed by atoms with Crippen LogP contribution < -0.4 is 5.56 Å². The number of H-pyrrole nitrogens is 2. The van der Waals surface area contributed by atoms with Gasteiger partial charge in [0.2, 0.25) is 0 Å². The summed E-state index contributed by atoms with van der Waals surface area (Å²) in [7, 11) is 0. The second-order valence-electron chi connectivity index (χ2n) is 4.81. The quantitative estimate of drug-likeness (QED) is 0.768. The van der Waals surface area contributed by atoms with Gasteiger partial charge in [0.15, 0.2) is 5.82 Å². The molecule has 2 N–H and O–H groups in total. The Hall–Kier alpha value is -1.84. The normalized spacial score (nSPS) is 11.7. The van der Waals surface area contributed by atoms with Crippen molar-refractivity contribution in [2.24, 2.45) is 0 Å². The zero-order chi connectivity index (χ0) is 11.8. The largest absolute Gasteiger partial charge is 0.359 e. The summed E-state index contributed by atoms with van der Waals surface area (Å²) >= 11 is 0. The molecular weight excluding hydrogens is 202 g/mol. The summed E-state index contributed by atoms with van der Waals surface area (Å²) in [6.45, 7) is 6.10. The number of nitrogens with one attached hydrogen (secondary N) is 2. The number of aromatic amines is 2. The minimum absolute atomic E-state index is 0.121. The van der Waals surface area contributed by atoms with E-state index in [4.69, 9.17) is 0 Å². The molecule has 0 aliphatic carbocycles. The summed E-state index contributed by atoms with van der Waals surface area (Å²) in [4.78, 5) is 21.8. The Morgan fingerprint density at radius 3 is 2.62 bits per heavy atom. The molecule has 0 unspecified atom stereocenters. The molecule has 2 aromatic heterocycles. The van der Waals surface area contributed by atoms with Crippen LogP contribution in [0.3, 0.4) is 0 Å². The maximum absolute atomic E-state index is 11.5. The van der Waals surface area contributed by atoms with E-state index in [1.165, 1.54) is 0 Å². The Balaban J connectivity index is 2.57. The number of nitrogens with zero attached hydrogens (tertiary/aromatic N) is 1. The summed E-state index contributed by atoms with van der Waals surface area (Å²) in [6, 6.07) is 5.30. The summed E-state index contributed by atoms with van der Waals surface area (Å²) in [5, 5.41) is 0. The average molecular weight is 217 g/mol. The molecule has 0 aliphatic heterocycles. The van der Waals surface area contributed by atoms with Crippen LogP contribution in [-0.2, 0) is 5.41 Å². The summed E-state index contributed by atoms with van der Waals surface area (Å²) < 4.78 is 0. The average Bonchev–Trinajstić information content (AvgIpc) is 2.68. The zero-order valence-corrected chi connectivity index (χ0v) is 9.66. The highest BCUT2D eigenvalue weighted by Crippen LogP contribution is 2.20. The molecule has 16 heavy (non-hydrogen) atoms. The maximum Gasteiger partial charge on any atom is 0.251 e. The van der Waals surface area contributed by atoms with Crippen LogP contribution in [-0.4, -0.2) is 15.0 Å². The van der Waals surface area contributed by atoms with E-state index in [9.17, 15) is 4.79 Å². The van der Waals surface area contributed by atoms with Crippen molar-refractivity contribution in [2.45, 2.75) is 26.2 Å². The molecular formula is C12H15N3O. The Bertz CT molecular complexity index is 532. The second-order valence-corrected chi connectivity index (χ2v) is 4.81. The topological polar surface area (TPSA) is 61.5 Å². The van der Waals surface area contributed by atoms with E-state index in [1.54, 1.807) is 12.3 Å². The van der Waals surface area contributed by atoms with E-state index in [-0.39, 0.29) is 11.0 Å². The molecule has 0 amide bonds. The first-order valence-electron chi connectivity index (χ1n) is 5.22. The van der Waals surface area contributed by atoms with E-state index in [0.717, 1.165) is 11.4 Å². The fourth-order valence-corrected chi connectivity index (χ4v) is 1.45. The van der Waals surface area contributed by atoms with E-state index in [0.29, 0.717) is 5.82 Å². The smallest absolute Gasteiger partial charge is 0.251 e. The van der Waals surface area contributed by atoms with Crippen LogP contribution in [0, 0.1) is 0 Å². The highest BCUT2D eigenvalue weighted by Gasteiger charge is 2.17. The number of hydrogen-bond donors (Lipinski definition) is 2. The molecule has 4 heteroatoms. The first-order valence-corrected chi connectivity index (χ1v) is 5.22. The van der Waals surface area contributed by atoms with Gasteiger partial charge in [0.05, 0.1) is 11.4 Å². The van der Waals surface area contributed by atoms with Crippen molar-refractivity contribution in [3.05, 3.63) is 40.4 Å². The number of aromatic nitrogens is 3. The third kappa shape index (κ3) is 2.05. The first kappa shape index (κ1) is 10.7. The molecule has 0 saturated heterocycles. The van der Waals surface area contributed by atoms with Crippen LogP contribution in [0.1, 0.15) is 26.5 Å². The van der Waals surface area contributed by atoms with Gasteiger partial charge in [0, 0.05) is 17.7 Å². The molecule has 2 aromatic rings. The van der Waals surface area contributed by atoms with E-state index < -0.39 is 0 Å². The minimum atomic E-state index is -0.129. The lowest BCUT2D eigenvalue weighted by Crippen LogP contribution is -2.19. The van der Waals surface area contributed by atoms with Gasteiger partial charge in [-0.05, 0) is 12.1 Å². The van der Waals surface area contributed by atoms with Crippen molar-refractivity contribution in [2.75, 3.05) is 0 Å². The Labute approximate surface area is 93.8 Å². The standard InChI is InChI=1S/C12H15N3O/c1-12(2,3)9-7-10(16)15-11(14-9)8-5-4-6-13-8/h4-7,13H,1-3H3,(H,14,15,16). The molecule has 0 aliphatic rings. The van der Waals surface area contributed by atoms with Gasteiger partial charge in [-0.2, -0.15) is 0 Å². The third-order valence-corrected chi connectivity index (χ3v) is 2.36. The van der Waals surface area contributed by atoms with Gasteiger partial charge in [-0.3, -0.25) is 4.79 Å². The van der Waals surface area contributed by atoms with E-state index in [2.05, 4.69) is 15.0 Å². The van der Waals surface area contributed by atoms with Crippen LogP contribution >= 0.6 is 0 Å². The first-order chi connectivity index (χ1) is 7.47. The Kier molecular flexibility index (Phi) is 2.42. The molecule has 84 valence electrons. The van der Waals surface area contributed by atoms with Gasteiger partial charge < -0.3 is 9.97 Å². The summed E-state index contributed by atoms with van der Waals surface area (Å²) in [5.41, 5.74) is 1.36. The molecule has 2 rings (SSSR count). The second kappa shape index (κ2) is 3.63. The van der Waals surface area contributed by atoms with Gasteiger partial charge in [0.25, 0.3) is 5.56 Å². The van der Waals surface area contributed by atoms with Crippen molar-refractivity contribution in [1.29, 1.82) is 0 Å². The molecule has 0 bridgehead atoms. The predicted molar refractivity (Wildman–Crippen MR) is 63.3 cm³/mol. The Morgan fingerprint density at radius 2 is 2.06 bits per heavy atom. The van der Waals surface area contributed by atoms with Crippen LogP contribution in [0.2, 0.25) is 0 Å². The van der Waals surface area contributed by atoms with Gasteiger partial charge in [-0.15, -0.1) is 0 Å². The van der Waals surface area contributed by atoms with Gasteiger partial charge >= 0.3 is 0 Å². The minimum Gasteiger partial charge on any atom is -0.359 e. The van der Waals surface area contributed by atoms with Crippen molar-refractivity contribution >= 4 is 0 Å². The number of rotatable bonds is 1. The van der Waals surface area contributed by atoms with Gasteiger partial charge in [-0.1, -0.05) is 20.8 Å². The number of hydrogen-bond acceptors (Lipinski definition) is 2. The fraction of sp³-hybridized carbons (Fsp3) is 0.333. The van der Waals surface area contributed by atoms with Crippen LogP contribution in [0.4, 0.5) is 0 Å². The van der Waals surface area contributed by atoms with Crippen molar-refractivity contribution in [3.8, 4) is 11.5 Å². The van der Waals surface area contributed by atoms with E-state index >= 15 is 0 Å². The molecule has 0 fully saturated rings. The zero-order valence-electron chi connectivity index (χ0n) is 9.66. The van der Waals surface area contributed by atoms with Crippen molar-refractivity contribution in [3.63, 3.8) is 0 Å². The molecule has 0 aromatic carbocycles. The molecule has 2 heterocycles. The molecule has 0 spiro atoms. The SMILES string of the molecule is CC(C)(C)c1cc(=O)[nH]c(-c2ccc[nH]2)n1. The molecule has 0 radical (unpaired) electrons. The van der Waals surface area contributed by atoms with Crippen LogP contribution in [0.15, 0.2) is 29.2 Å². The third-order valence-electron chi connectivity index (χ3n) is 2.36. The summed E-state index contributed by atoms with van der Waals surface area (Å²) in [5.74, 6) is 0.586. The van der Waals surface area contributed by atoms with E-state index in [1.807, 2.05) is 32.9 Å². The highest BCUT2D eigenvalue weighted by molar-refractivity contribution is 5.49. The Morgan fingerprint density at radius 1 is 1.31 bits per heavy atom. The molecule has 0 saturated carbocycles. The van der Waals surface area contributed by atoms with Crippen molar-refractivity contribution in [1.82, 2.24) is 15.0 Å². The van der Waals surface area contributed by atoms with Crippen LogP contribution in [0.25, 0.3) is 11.5 Å². The lowest BCUT2D eigenvalue weighted by Gasteiger charge is -2.17. The predicted octanol–water partition coefficient (Wildman–Crippen LogP) is 2.06. The summed E-state index contributed by atoms with van der Waals surface area (Å²) in [6.07, 6.45) is 1.80. The van der Waals surface area contributed by atoms with Crippen molar-refractivity contribution < 1.29 is 0 Å². The lowest BCUT2D eigenvalue weighted by molar-refractivity contribution is 0.566. The monoisotopic (exact) mass is 217 g/mol. The van der Waals surface area contributed by atoms with Gasteiger partial charge in [-0.25, -0.2) is 4.98 Å². The highest BCUT2D eigenvalue weighted by atomic mass is 16.1. The lowest BCUT2D eigenvalue weighted by atomic mass is 9.92. The maximum atomic E-state index is 11.5. The molecule has 0 atom stereocenters. The van der Waals surface area contributed by atoms with Gasteiger partial charge in [0.1, 0.15) is 0 Å². The fourth-order valence-electron chi connectivity index (χ4n) is 1.45. The van der Waals surface area contributed by atoms with Crippen LogP contribution in [0.5, 0.6) is 0 Å².